The van der Waals surface area contributed by atoms with Gasteiger partial charge in [0, 0.05) is 5.75 Å². The smallest absolute Gasteiger partial charge is 0.308 e. The van der Waals surface area contributed by atoms with Gasteiger partial charge in [-0.3, -0.25) is 19.2 Å². The van der Waals surface area contributed by atoms with E-state index in [4.69, 9.17) is 18.6 Å². The summed E-state index contributed by atoms with van der Waals surface area (Å²) in [5.74, 6) is -0.968. The van der Waals surface area contributed by atoms with Crippen molar-refractivity contribution in [2.45, 2.75) is 132 Å². The van der Waals surface area contributed by atoms with E-state index >= 15 is 9.59 Å². The number of benzene rings is 7. The van der Waals surface area contributed by atoms with Crippen molar-refractivity contribution in [1.29, 1.82) is 0 Å². The number of amides is 3. The van der Waals surface area contributed by atoms with Crippen molar-refractivity contribution in [2.24, 2.45) is 11.8 Å². The molecule has 7 rings (SSSR count). The summed E-state index contributed by atoms with van der Waals surface area (Å²) < 4.78 is 23.2. The van der Waals surface area contributed by atoms with E-state index in [2.05, 4.69) is 172 Å². The first-order valence-corrected chi connectivity index (χ1v) is 36.5. The Balaban J connectivity index is 1.19. The molecule has 3 N–H and O–H groups in total. The molecule has 0 bridgehead atoms. The number of methoxy groups -OCH3 is 1. The van der Waals surface area contributed by atoms with Gasteiger partial charge in [0.1, 0.15) is 24.4 Å². The molecule has 0 fully saturated rings. The maximum absolute atomic E-state index is 15.6. The quantitative estimate of drug-likeness (QED) is 0.0117. The second-order valence-corrected chi connectivity index (χ2v) is 32.4. The van der Waals surface area contributed by atoms with Crippen molar-refractivity contribution in [3.05, 3.63) is 270 Å². The molecule has 3 amide bonds. The molecule has 0 spiro atoms. The fourth-order valence-electron chi connectivity index (χ4n) is 10.9. The summed E-state index contributed by atoms with van der Waals surface area (Å²) in [5.41, 5.74) is 7.35. The Morgan fingerprint density at radius 3 is 1.43 bits per heavy atom. The van der Waals surface area contributed by atoms with E-state index in [1.165, 1.54) is 34.5 Å². The molecule has 0 saturated carbocycles. The van der Waals surface area contributed by atoms with E-state index < -0.39 is 77.8 Å². The fourth-order valence-corrected chi connectivity index (χ4v) is 15.3. The van der Waals surface area contributed by atoms with E-state index in [9.17, 15) is 9.59 Å². The highest BCUT2D eigenvalue weighted by Gasteiger charge is 2.44. The molecule has 5 atom stereocenters. The standard InChI is InChI=1S/C77H93N3O8S2Si/c1-12-50-86-70(82)53-68(88-91(10,11)75(6,7)8)71(56(2)3)80-73(83)67(55-90-77(62-39-25-16-26-40-62,63-41-27-17-28-42-63)64-43-29-18-30-44-64)78-74(84)72(57(4)5)79-69(81)52-66(87-54-58-46-48-65(85-9)49-47-58)45-31-32-51-89-76(59-33-19-13-20-34-59,60-35-21-14-22-36-60)61-37-23-15-24-38-61/h12-31,33-49,56-57,66-68,71-72H,1,32,50-55H2,2-11H3,(H,78,84)(H,79,81)(H,80,83)/b45-31+/t66-,67-,68+,71-,72-/m1/s1. The molecule has 7 aromatic rings. The highest BCUT2D eigenvalue weighted by atomic mass is 32.2. The molecule has 14 heteroatoms. The molecule has 0 saturated heterocycles. The minimum Gasteiger partial charge on any atom is -0.497 e. The SMILES string of the molecule is C=CCOC(=O)C[C@H](O[Si](C)(C)C(C)(C)C)[C@H](NC(=O)[C@@H](CSC(c1ccccc1)(c1ccccc1)c1ccccc1)NC(=O)[C@H](NC(=O)C[C@@H](/C=C/CCSC(c1ccccc1)(c1ccccc1)c1ccccc1)OCc1ccc(OC)cc1)C(C)C)C(C)C. The summed E-state index contributed by atoms with van der Waals surface area (Å²) in [7, 11) is -0.956. The topological polar surface area (TPSA) is 141 Å². The van der Waals surface area contributed by atoms with Crippen molar-refractivity contribution in [1.82, 2.24) is 16.0 Å². The zero-order valence-electron chi connectivity index (χ0n) is 54.6. The third-order valence-corrected chi connectivity index (χ3v) is 24.5. The number of esters is 1. The Bertz CT molecular complexity index is 3190. The summed E-state index contributed by atoms with van der Waals surface area (Å²) in [5, 5.41) is 9.36. The summed E-state index contributed by atoms with van der Waals surface area (Å²) in [6.07, 6.45) is 4.56. The number of rotatable bonds is 34. The lowest BCUT2D eigenvalue weighted by Crippen LogP contribution is -2.60. The van der Waals surface area contributed by atoms with Crippen LogP contribution in [0.1, 0.15) is 107 Å². The number of thioether (sulfide) groups is 2. The average Bonchev–Trinajstić information content (AvgIpc) is 0.977. The Hall–Kier alpha value is -7.46. The summed E-state index contributed by atoms with van der Waals surface area (Å²) in [6, 6.07) is 67.0. The predicted molar refractivity (Wildman–Crippen MR) is 377 cm³/mol. The van der Waals surface area contributed by atoms with Gasteiger partial charge < -0.3 is 34.6 Å². The normalized spacial score (nSPS) is 13.8. The van der Waals surface area contributed by atoms with Gasteiger partial charge >= 0.3 is 5.97 Å². The van der Waals surface area contributed by atoms with Crippen molar-refractivity contribution < 1.29 is 37.8 Å². The van der Waals surface area contributed by atoms with Crippen LogP contribution in [0.5, 0.6) is 5.75 Å². The molecule has 91 heavy (non-hydrogen) atoms. The van der Waals surface area contributed by atoms with Crippen LogP contribution >= 0.6 is 23.5 Å². The van der Waals surface area contributed by atoms with Crippen LogP contribution in [0.25, 0.3) is 0 Å². The molecular weight excluding hydrogens is 1190 g/mol. The van der Waals surface area contributed by atoms with E-state index in [1.54, 1.807) is 7.11 Å². The van der Waals surface area contributed by atoms with Gasteiger partial charge in [-0.05, 0) is 93.2 Å². The Morgan fingerprint density at radius 1 is 0.571 bits per heavy atom. The number of hydrogen-bond donors (Lipinski definition) is 3. The molecule has 0 aromatic heterocycles. The third kappa shape index (κ3) is 19.3. The van der Waals surface area contributed by atoms with Crippen LogP contribution in [0.3, 0.4) is 0 Å². The van der Waals surface area contributed by atoms with Crippen LogP contribution in [-0.4, -0.2) is 87.6 Å². The van der Waals surface area contributed by atoms with Crippen LogP contribution in [0.15, 0.2) is 231 Å². The zero-order chi connectivity index (χ0) is 65.4. The lowest BCUT2D eigenvalue weighted by atomic mass is 9.84. The van der Waals surface area contributed by atoms with Gasteiger partial charge in [-0.2, -0.15) is 0 Å². The van der Waals surface area contributed by atoms with Gasteiger partial charge in [-0.25, -0.2) is 0 Å². The minimum absolute atomic E-state index is 0.0315. The fraction of sp³-hybridized carbons (Fsp3) is 0.351. The van der Waals surface area contributed by atoms with E-state index in [-0.39, 0.29) is 42.8 Å². The van der Waals surface area contributed by atoms with Crippen molar-refractivity contribution >= 4 is 55.5 Å². The second kappa shape index (κ2) is 34.3. The van der Waals surface area contributed by atoms with Crippen LogP contribution < -0.4 is 20.7 Å². The molecule has 0 heterocycles. The van der Waals surface area contributed by atoms with Crippen LogP contribution in [-0.2, 0) is 49.2 Å². The van der Waals surface area contributed by atoms with Gasteiger partial charge in [0.05, 0.1) is 54.3 Å². The zero-order valence-corrected chi connectivity index (χ0v) is 57.3. The molecule has 0 unspecified atom stereocenters. The highest BCUT2D eigenvalue weighted by molar-refractivity contribution is 8.00. The minimum atomic E-state index is -2.58. The molecule has 7 aromatic carbocycles. The van der Waals surface area contributed by atoms with Gasteiger partial charge in [-0.1, -0.05) is 267 Å². The van der Waals surface area contributed by atoms with Crippen molar-refractivity contribution in [3.63, 3.8) is 0 Å². The van der Waals surface area contributed by atoms with Gasteiger partial charge in [0.2, 0.25) is 17.7 Å². The highest BCUT2D eigenvalue weighted by Crippen LogP contribution is 2.50. The second-order valence-electron chi connectivity index (χ2n) is 25.1. The number of hydrogen-bond acceptors (Lipinski definition) is 10. The first-order valence-electron chi connectivity index (χ1n) is 31.6. The van der Waals surface area contributed by atoms with Gasteiger partial charge in [0.15, 0.2) is 8.32 Å². The molecule has 480 valence electrons. The molecule has 0 radical (unpaired) electrons. The average molecular weight is 1280 g/mol. The van der Waals surface area contributed by atoms with Crippen LogP contribution in [0.2, 0.25) is 18.1 Å². The largest absolute Gasteiger partial charge is 0.497 e. The third-order valence-electron chi connectivity index (χ3n) is 16.8. The summed E-state index contributed by atoms with van der Waals surface area (Å²) in [6.45, 7) is 22.3. The van der Waals surface area contributed by atoms with Crippen LogP contribution in [0.4, 0.5) is 0 Å². The van der Waals surface area contributed by atoms with Gasteiger partial charge in [0.25, 0.3) is 0 Å². The number of carbonyl (C=O) groups excluding carboxylic acids is 4. The lowest BCUT2D eigenvalue weighted by molar-refractivity contribution is -0.145. The molecule has 11 nitrogen and oxygen atoms in total. The molecule has 0 aliphatic carbocycles. The van der Waals surface area contributed by atoms with E-state index in [0.29, 0.717) is 6.42 Å². The first-order chi connectivity index (χ1) is 43.7. The molecular formula is C77H93N3O8S2Si. The number of carbonyl (C=O) groups is 4. The van der Waals surface area contributed by atoms with Crippen molar-refractivity contribution in [3.8, 4) is 5.75 Å². The maximum atomic E-state index is 15.6. The van der Waals surface area contributed by atoms with Crippen molar-refractivity contribution in [2.75, 3.05) is 25.2 Å². The van der Waals surface area contributed by atoms with Gasteiger partial charge in [-0.15, -0.1) is 23.5 Å². The summed E-state index contributed by atoms with van der Waals surface area (Å²) in [4.78, 5) is 59.1. The number of ether oxygens (including phenoxy) is 3. The monoisotopic (exact) mass is 1280 g/mol. The molecule has 0 aliphatic heterocycles. The lowest BCUT2D eigenvalue weighted by Gasteiger charge is -2.42. The Kier molecular flexibility index (Phi) is 26.7. The maximum Gasteiger partial charge on any atom is 0.308 e. The number of nitrogens with one attached hydrogen (secondary N) is 3. The Morgan fingerprint density at radius 2 is 1.02 bits per heavy atom. The number of allylic oxidation sites excluding steroid dienone is 1. The Labute approximate surface area is 551 Å². The molecule has 0 aliphatic rings. The first kappa shape index (κ1) is 71.0. The van der Waals surface area contributed by atoms with Crippen LogP contribution in [0, 0.1) is 11.8 Å². The summed E-state index contributed by atoms with van der Waals surface area (Å²) >= 11 is 3.40. The van der Waals surface area contributed by atoms with E-state index in [0.717, 1.165) is 33.8 Å². The van der Waals surface area contributed by atoms with E-state index in [1.807, 2.05) is 143 Å². The predicted octanol–water partition coefficient (Wildman–Crippen LogP) is 15.6.